The Kier molecular flexibility index (Phi) is 1.81. The normalized spacial score (nSPS) is 23.4. The van der Waals surface area contributed by atoms with Gasteiger partial charge in [-0.2, -0.15) is 0 Å². The first-order chi connectivity index (χ1) is 14.0. The van der Waals surface area contributed by atoms with Gasteiger partial charge in [0.05, 0.1) is 5.48 Å². The van der Waals surface area contributed by atoms with Crippen LogP contribution in [0.15, 0.2) is 54.5 Å². The summed E-state index contributed by atoms with van der Waals surface area (Å²) in [7, 11) is 0. The first-order valence-corrected chi connectivity index (χ1v) is 5.65. The summed E-state index contributed by atoms with van der Waals surface area (Å²) in [6.45, 7) is -8.22. The first kappa shape index (κ1) is 4.95. The number of para-hydroxylation sites is 1. The van der Waals surface area contributed by atoms with Gasteiger partial charge < -0.3 is 10.1 Å². The van der Waals surface area contributed by atoms with Crippen molar-refractivity contribution in [3.63, 3.8) is 0 Å². The molecule has 2 nitrogen and oxygen atoms in total. The fourth-order valence-corrected chi connectivity index (χ4v) is 1.57. The van der Waals surface area contributed by atoms with Crippen LogP contribution in [0.2, 0.25) is 0 Å². The van der Waals surface area contributed by atoms with Crippen molar-refractivity contribution in [3.8, 4) is 5.75 Å². The molecule has 1 unspecified atom stereocenters. The highest BCUT2D eigenvalue weighted by Crippen LogP contribution is 2.26. The molecule has 2 rings (SSSR count). The second kappa shape index (κ2) is 6.95. The number of rotatable bonds is 6. The van der Waals surface area contributed by atoms with E-state index in [0.717, 1.165) is 0 Å². The molecule has 0 saturated carbocycles. The van der Waals surface area contributed by atoms with Crippen molar-refractivity contribution in [1.29, 1.82) is 0 Å². The van der Waals surface area contributed by atoms with E-state index >= 15 is 0 Å². The maximum Gasteiger partial charge on any atom is 0.125 e. The van der Waals surface area contributed by atoms with E-state index in [4.69, 9.17) is 21.2 Å². The van der Waals surface area contributed by atoms with Crippen molar-refractivity contribution in [2.75, 3.05) is 13.5 Å². The van der Waals surface area contributed by atoms with Crippen LogP contribution in [0.3, 0.4) is 0 Å². The van der Waals surface area contributed by atoms with Crippen molar-refractivity contribution in [2.45, 2.75) is 19.4 Å². The van der Waals surface area contributed by atoms with Crippen molar-refractivity contribution in [1.82, 2.24) is 5.32 Å². The van der Waals surface area contributed by atoms with Gasteiger partial charge in [-0.05, 0) is 37.5 Å². The molecule has 0 aliphatic carbocycles. The van der Waals surface area contributed by atoms with Gasteiger partial charge in [-0.25, -0.2) is 0 Å². The summed E-state index contributed by atoms with van der Waals surface area (Å²) >= 11 is 0. The number of hydrogen-bond acceptors (Lipinski definition) is 2. The van der Waals surface area contributed by atoms with Crippen LogP contribution >= 0.6 is 0 Å². The van der Waals surface area contributed by atoms with Crippen LogP contribution in [-0.4, -0.2) is 13.5 Å². The van der Waals surface area contributed by atoms with Crippen LogP contribution in [0.25, 0.3) is 0 Å². The third kappa shape index (κ3) is 3.83. The lowest BCUT2D eigenvalue weighted by Crippen LogP contribution is -2.16. The Morgan fingerprint density at radius 3 is 2.95 bits per heavy atom. The zero-order valence-electron chi connectivity index (χ0n) is 22.1. The molecule has 0 fully saturated rings. The van der Waals surface area contributed by atoms with Crippen molar-refractivity contribution < 1.29 is 21.2 Å². The van der Waals surface area contributed by atoms with Gasteiger partial charge in [0.15, 0.2) is 0 Å². The molecule has 2 aromatic carbocycles. The maximum absolute atomic E-state index is 8.12. The lowest BCUT2D eigenvalue weighted by molar-refractivity contribution is 0.193. The number of ether oxygens (including phenoxy) is 1. The molecule has 0 saturated heterocycles. The average Bonchev–Trinajstić information content (AvgIpc) is 2.61. The predicted molar refractivity (Wildman–Crippen MR) is 79.5 cm³/mol. The summed E-state index contributed by atoms with van der Waals surface area (Å²) in [4.78, 5) is 0. The zero-order valence-corrected chi connectivity index (χ0v) is 10.1. The Labute approximate surface area is 132 Å². The highest BCUT2D eigenvalue weighted by Gasteiger charge is 2.13. The van der Waals surface area contributed by atoms with Gasteiger partial charge in [-0.15, -0.1) is 0 Å². The average molecular weight is 267 g/mol. The van der Waals surface area contributed by atoms with E-state index < -0.39 is 68.3 Å². The summed E-state index contributed by atoms with van der Waals surface area (Å²) in [5.74, 6) is -0.635. The second-order valence-corrected chi connectivity index (χ2v) is 3.73. The molecule has 0 aliphatic rings. The van der Waals surface area contributed by atoms with E-state index in [-0.39, 0.29) is 0 Å². The van der Waals surface area contributed by atoms with Crippen LogP contribution in [-0.2, 0) is 0 Å². The largest absolute Gasteiger partial charge is 0.485 e. The first-order valence-electron chi connectivity index (χ1n) is 11.7. The second-order valence-electron chi connectivity index (χ2n) is 3.73. The smallest absolute Gasteiger partial charge is 0.125 e. The molecule has 0 aliphatic heterocycles. The molecule has 0 aromatic heterocycles. The van der Waals surface area contributed by atoms with E-state index in [0.29, 0.717) is 5.56 Å². The van der Waals surface area contributed by atoms with E-state index in [1.165, 1.54) is 0 Å². The lowest BCUT2D eigenvalue weighted by Gasteiger charge is -2.20. The topological polar surface area (TPSA) is 21.3 Å². The fourth-order valence-electron chi connectivity index (χ4n) is 1.57. The summed E-state index contributed by atoms with van der Waals surface area (Å²) in [6, 6.07) is 5.06. The number of benzene rings is 2. The van der Waals surface area contributed by atoms with E-state index in [1.807, 2.05) is 5.32 Å². The third-order valence-electron chi connectivity index (χ3n) is 2.46. The monoisotopic (exact) mass is 267 g/mol. The minimum atomic E-state index is -2.94. The Morgan fingerprint density at radius 1 is 1.32 bits per heavy atom. The predicted octanol–water partition coefficient (Wildman–Crippen LogP) is 3.72. The van der Waals surface area contributed by atoms with E-state index in [1.54, 1.807) is 30.3 Å². The molecule has 0 radical (unpaired) electrons. The number of hydrogen-bond donors (Lipinski definition) is 1. The van der Waals surface area contributed by atoms with E-state index in [2.05, 4.69) is 0 Å². The van der Waals surface area contributed by atoms with Gasteiger partial charge in [0.1, 0.15) is 11.9 Å². The summed E-state index contributed by atoms with van der Waals surface area (Å²) in [5, 5.41) is 1.86. The Bertz CT molecular complexity index is 924. The molecular formula is C17H21NO. The highest BCUT2D eigenvalue weighted by molar-refractivity contribution is 5.33. The minimum absolute atomic E-state index is 0.364. The molecular weight excluding hydrogens is 234 g/mol. The Balaban J connectivity index is 2.61. The molecule has 100 valence electrons. The Morgan fingerprint density at radius 2 is 2.16 bits per heavy atom. The molecule has 0 heterocycles. The maximum atomic E-state index is 8.12. The van der Waals surface area contributed by atoms with Crippen molar-refractivity contribution >= 4 is 0 Å². The van der Waals surface area contributed by atoms with Crippen LogP contribution in [0, 0.1) is 6.85 Å². The quantitative estimate of drug-likeness (QED) is 0.861. The molecule has 19 heavy (non-hydrogen) atoms. The van der Waals surface area contributed by atoms with Gasteiger partial charge in [0, 0.05) is 17.4 Å². The number of nitrogens with one attached hydrogen (secondary N) is 1. The standard InChI is InChI=1S/C17H21NO/c1-14-8-6-7-11-16(14)19-17(12-13-18-2)15-9-4-3-5-10-15/h3-11,17-18H,12-13H2,1-2H3/i1D3,2D3,6D,7D,8D,11D,13D2. The van der Waals surface area contributed by atoms with Crippen LogP contribution in [0.4, 0.5) is 0 Å². The Hall–Kier alpha value is -1.80. The van der Waals surface area contributed by atoms with Gasteiger partial charge in [-0.3, -0.25) is 0 Å². The van der Waals surface area contributed by atoms with Gasteiger partial charge in [0.25, 0.3) is 0 Å². The van der Waals surface area contributed by atoms with Crippen LogP contribution < -0.4 is 10.1 Å². The zero-order chi connectivity index (χ0) is 23.8. The summed E-state index contributed by atoms with van der Waals surface area (Å²) in [5.41, 5.74) is -0.369. The van der Waals surface area contributed by atoms with Crippen molar-refractivity contribution in [3.05, 3.63) is 65.6 Å². The lowest BCUT2D eigenvalue weighted by atomic mass is 10.1. The van der Waals surface area contributed by atoms with Crippen LogP contribution in [0.1, 0.15) is 40.1 Å². The SMILES string of the molecule is [2H]c1c([2H])c([2H])c(C([2H])([2H])[2H])c(OC(CC([2H])([2H])NC([2H])([2H])[2H])c2ccccc2)c1[2H]. The van der Waals surface area contributed by atoms with Crippen LogP contribution in [0.5, 0.6) is 5.75 Å². The fraction of sp³-hybridized carbons (Fsp3) is 0.294. The summed E-state index contributed by atoms with van der Waals surface area (Å²) < 4.78 is 98.4. The highest BCUT2D eigenvalue weighted by atomic mass is 16.5. The molecule has 1 N–H and O–H groups in total. The van der Waals surface area contributed by atoms with Gasteiger partial charge in [-0.1, -0.05) is 48.5 Å². The molecule has 1 atom stereocenters. The molecule has 0 spiro atoms. The molecule has 2 heteroatoms. The third-order valence-corrected chi connectivity index (χ3v) is 2.46. The molecule has 2 aromatic rings. The summed E-state index contributed by atoms with van der Waals surface area (Å²) in [6.07, 6.45) is -1.84. The van der Waals surface area contributed by atoms with Crippen molar-refractivity contribution in [2.24, 2.45) is 0 Å². The van der Waals surface area contributed by atoms with Gasteiger partial charge in [0.2, 0.25) is 0 Å². The van der Waals surface area contributed by atoms with Gasteiger partial charge >= 0.3 is 0 Å². The van der Waals surface area contributed by atoms with E-state index in [9.17, 15) is 0 Å². The molecule has 0 amide bonds. The molecule has 0 bridgehead atoms. The minimum Gasteiger partial charge on any atom is -0.485 e.